The predicted molar refractivity (Wildman–Crippen MR) is 70.5 cm³/mol. The molecule has 0 saturated carbocycles. The highest BCUT2D eigenvalue weighted by Crippen LogP contribution is 2.06. The molecule has 0 saturated heterocycles. The minimum absolute atomic E-state index is 0.0884. The van der Waals surface area contributed by atoms with E-state index in [-0.39, 0.29) is 11.7 Å². The molecule has 1 nitrogen and oxygen atoms in total. The molecule has 0 atom stereocenters. The summed E-state index contributed by atoms with van der Waals surface area (Å²) >= 11 is 0. The van der Waals surface area contributed by atoms with Crippen molar-refractivity contribution >= 4 is 5.78 Å². The fourth-order valence-corrected chi connectivity index (χ4v) is 1.58. The Bertz CT molecular complexity index is 255. The molecule has 0 amide bonds. The van der Waals surface area contributed by atoms with Gasteiger partial charge in [0.15, 0.2) is 5.78 Å². The van der Waals surface area contributed by atoms with Crippen molar-refractivity contribution in [1.82, 2.24) is 0 Å². The molecule has 0 spiro atoms. The Kier molecular flexibility index (Phi) is 8.94. The average molecular weight is 222 g/mol. The van der Waals surface area contributed by atoms with Gasteiger partial charge in [0.05, 0.1) is 0 Å². The maximum atomic E-state index is 11.5. The van der Waals surface area contributed by atoms with Crippen LogP contribution in [0.25, 0.3) is 0 Å². The van der Waals surface area contributed by atoms with Crippen molar-refractivity contribution in [2.45, 2.75) is 66.2 Å². The SMILES string of the molecule is CCCCCCCC=C=C(C)C(=O)C(C)C. The Hall–Kier alpha value is -0.810. The highest BCUT2D eigenvalue weighted by atomic mass is 16.1. The molecule has 0 N–H and O–H groups in total. The summed E-state index contributed by atoms with van der Waals surface area (Å²) in [6.07, 6.45) is 9.54. The number of allylic oxidation sites excluding steroid dienone is 1. The van der Waals surface area contributed by atoms with Crippen molar-refractivity contribution in [3.05, 3.63) is 17.4 Å². The smallest absolute Gasteiger partial charge is 0.168 e. The first-order chi connectivity index (χ1) is 7.59. The van der Waals surface area contributed by atoms with Crippen LogP contribution >= 0.6 is 0 Å². The normalized spacial score (nSPS) is 10.1. The van der Waals surface area contributed by atoms with E-state index in [4.69, 9.17) is 0 Å². The summed E-state index contributed by atoms with van der Waals surface area (Å²) in [6.45, 7) is 7.94. The maximum absolute atomic E-state index is 11.5. The number of hydrogen-bond acceptors (Lipinski definition) is 1. The molecule has 0 aliphatic heterocycles. The largest absolute Gasteiger partial charge is 0.294 e. The predicted octanol–water partition coefficient (Wildman–Crippen LogP) is 4.67. The van der Waals surface area contributed by atoms with Crippen LogP contribution in [0, 0.1) is 5.92 Å². The van der Waals surface area contributed by atoms with Gasteiger partial charge in [0.1, 0.15) is 0 Å². The van der Waals surface area contributed by atoms with Gasteiger partial charge in [-0.15, -0.1) is 5.73 Å². The topological polar surface area (TPSA) is 17.1 Å². The second-order valence-corrected chi connectivity index (χ2v) is 4.70. The quantitative estimate of drug-likeness (QED) is 0.331. The second kappa shape index (κ2) is 9.42. The molecular weight excluding hydrogens is 196 g/mol. The van der Waals surface area contributed by atoms with Crippen LogP contribution in [0.15, 0.2) is 17.4 Å². The van der Waals surface area contributed by atoms with E-state index in [0.29, 0.717) is 0 Å². The van der Waals surface area contributed by atoms with Gasteiger partial charge in [-0.25, -0.2) is 0 Å². The van der Waals surface area contributed by atoms with Gasteiger partial charge >= 0.3 is 0 Å². The Morgan fingerprint density at radius 2 is 1.81 bits per heavy atom. The van der Waals surface area contributed by atoms with Gasteiger partial charge in [-0.2, -0.15) is 0 Å². The van der Waals surface area contributed by atoms with E-state index in [1.165, 1.54) is 32.1 Å². The lowest BCUT2D eigenvalue weighted by molar-refractivity contribution is -0.118. The van der Waals surface area contributed by atoms with Gasteiger partial charge in [0.25, 0.3) is 0 Å². The van der Waals surface area contributed by atoms with Crippen LogP contribution in [0.3, 0.4) is 0 Å². The summed E-state index contributed by atoms with van der Waals surface area (Å²) in [5.74, 6) is 0.299. The van der Waals surface area contributed by atoms with E-state index in [0.717, 1.165) is 12.0 Å². The zero-order valence-electron chi connectivity index (χ0n) is 11.3. The van der Waals surface area contributed by atoms with E-state index in [2.05, 4.69) is 12.7 Å². The number of hydrogen-bond donors (Lipinski definition) is 0. The summed E-state index contributed by atoms with van der Waals surface area (Å²) in [7, 11) is 0. The monoisotopic (exact) mass is 222 g/mol. The van der Waals surface area contributed by atoms with E-state index < -0.39 is 0 Å². The second-order valence-electron chi connectivity index (χ2n) is 4.70. The van der Waals surface area contributed by atoms with Gasteiger partial charge in [-0.05, 0) is 25.8 Å². The van der Waals surface area contributed by atoms with E-state index in [1.807, 2.05) is 26.8 Å². The molecule has 0 fully saturated rings. The number of ketones is 1. The van der Waals surface area contributed by atoms with Crippen LogP contribution in [0.5, 0.6) is 0 Å². The summed E-state index contributed by atoms with van der Waals surface area (Å²) in [5, 5.41) is 0. The first-order valence-electron chi connectivity index (χ1n) is 6.55. The Labute approximate surface area is 101 Å². The van der Waals surface area contributed by atoms with Crippen LogP contribution in [-0.2, 0) is 4.79 Å². The summed E-state index contributed by atoms with van der Waals surface area (Å²) in [6, 6.07) is 0. The highest BCUT2D eigenvalue weighted by Gasteiger charge is 2.07. The third-order valence-electron chi connectivity index (χ3n) is 2.66. The lowest BCUT2D eigenvalue weighted by atomic mass is 10.0. The van der Waals surface area contributed by atoms with Crippen molar-refractivity contribution in [3.8, 4) is 0 Å². The Morgan fingerprint density at radius 3 is 2.38 bits per heavy atom. The van der Waals surface area contributed by atoms with Gasteiger partial charge in [0, 0.05) is 11.5 Å². The fourth-order valence-electron chi connectivity index (χ4n) is 1.58. The van der Waals surface area contributed by atoms with Gasteiger partial charge in [-0.3, -0.25) is 4.79 Å². The minimum Gasteiger partial charge on any atom is -0.294 e. The molecule has 0 radical (unpaired) electrons. The molecule has 0 aromatic carbocycles. The molecular formula is C15H26O. The average Bonchev–Trinajstić information content (AvgIpc) is 2.26. The zero-order valence-corrected chi connectivity index (χ0v) is 11.3. The molecule has 0 aliphatic rings. The molecule has 0 aliphatic carbocycles. The van der Waals surface area contributed by atoms with Gasteiger partial charge in [0.2, 0.25) is 0 Å². The maximum Gasteiger partial charge on any atom is 0.168 e. The summed E-state index contributed by atoms with van der Waals surface area (Å²) < 4.78 is 0. The van der Waals surface area contributed by atoms with Crippen molar-refractivity contribution in [1.29, 1.82) is 0 Å². The number of carbonyl (C=O) groups is 1. The third kappa shape index (κ3) is 7.48. The van der Waals surface area contributed by atoms with Crippen molar-refractivity contribution < 1.29 is 4.79 Å². The standard InChI is InChI=1S/C15H26O/c1-5-6-7-8-9-10-11-12-14(4)15(16)13(2)3/h11,13H,5-10H2,1-4H3. The fraction of sp³-hybridized carbons (Fsp3) is 0.733. The van der Waals surface area contributed by atoms with Gasteiger partial charge in [-0.1, -0.05) is 46.5 Å². The molecule has 92 valence electrons. The first-order valence-corrected chi connectivity index (χ1v) is 6.55. The lowest BCUT2D eigenvalue weighted by Gasteiger charge is -2.00. The number of unbranched alkanes of at least 4 members (excludes halogenated alkanes) is 5. The molecule has 0 unspecified atom stereocenters. The molecule has 0 rings (SSSR count). The molecule has 0 heterocycles. The zero-order chi connectivity index (χ0) is 12.4. The lowest BCUT2D eigenvalue weighted by Crippen LogP contribution is -2.06. The summed E-state index contributed by atoms with van der Waals surface area (Å²) in [4.78, 5) is 11.5. The van der Waals surface area contributed by atoms with E-state index >= 15 is 0 Å². The van der Waals surface area contributed by atoms with Crippen LogP contribution in [0.1, 0.15) is 66.2 Å². The highest BCUT2D eigenvalue weighted by molar-refractivity contribution is 5.95. The summed E-state index contributed by atoms with van der Waals surface area (Å²) in [5.41, 5.74) is 3.86. The number of rotatable bonds is 8. The van der Waals surface area contributed by atoms with E-state index in [1.54, 1.807) is 0 Å². The van der Waals surface area contributed by atoms with Crippen LogP contribution < -0.4 is 0 Å². The third-order valence-corrected chi connectivity index (χ3v) is 2.66. The van der Waals surface area contributed by atoms with E-state index in [9.17, 15) is 4.79 Å². The molecule has 16 heavy (non-hydrogen) atoms. The van der Waals surface area contributed by atoms with Crippen LogP contribution in [0.2, 0.25) is 0 Å². The molecule has 0 aromatic heterocycles. The van der Waals surface area contributed by atoms with Crippen LogP contribution in [0.4, 0.5) is 0 Å². The van der Waals surface area contributed by atoms with Crippen molar-refractivity contribution in [2.24, 2.45) is 5.92 Å². The van der Waals surface area contributed by atoms with Crippen LogP contribution in [-0.4, -0.2) is 5.78 Å². The molecule has 0 aromatic rings. The first kappa shape index (κ1) is 15.2. The van der Waals surface area contributed by atoms with Crippen molar-refractivity contribution in [3.63, 3.8) is 0 Å². The number of carbonyl (C=O) groups excluding carboxylic acids is 1. The van der Waals surface area contributed by atoms with Crippen molar-refractivity contribution in [2.75, 3.05) is 0 Å². The molecule has 0 bridgehead atoms. The Morgan fingerprint density at radius 1 is 1.19 bits per heavy atom. The number of Topliss-reactive ketones (excluding diaryl/α,β-unsaturated/α-hetero) is 1. The van der Waals surface area contributed by atoms with Gasteiger partial charge < -0.3 is 0 Å². The molecule has 1 heteroatoms. The Balaban J connectivity index is 3.81. The minimum atomic E-state index is 0.0884.